The molecule has 1 saturated heterocycles. The predicted molar refractivity (Wildman–Crippen MR) is 92.0 cm³/mol. The van der Waals surface area contributed by atoms with Crippen LogP contribution in [-0.4, -0.2) is 41.4 Å². The van der Waals surface area contributed by atoms with Gasteiger partial charge in [-0.25, -0.2) is 0 Å². The van der Waals surface area contributed by atoms with Gasteiger partial charge < -0.3 is 10.5 Å². The van der Waals surface area contributed by atoms with E-state index in [0.29, 0.717) is 0 Å². The average Bonchev–Trinajstić information content (AvgIpc) is 3.02. The van der Waals surface area contributed by atoms with Crippen molar-refractivity contribution in [1.82, 2.24) is 15.1 Å². The molecule has 23 heavy (non-hydrogen) atoms. The van der Waals surface area contributed by atoms with E-state index in [-0.39, 0.29) is 0 Å². The van der Waals surface area contributed by atoms with Crippen molar-refractivity contribution in [3.63, 3.8) is 0 Å². The van der Waals surface area contributed by atoms with Gasteiger partial charge in [0.1, 0.15) is 5.69 Å². The zero-order chi connectivity index (χ0) is 15.6. The second kappa shape index (κ2) is 6.02. The first-order chi connectivity index (χ1) is 11.3. The molecular weight excluding hydrogens is 288 g/mol. The fraction of sp³-hybridized carbons (Fsp3) is 0.278. The lowest BCUT2D eigenvalue weighted by Crippen LogP contribution is -2.35. The molecule has 1 aliphatic rings. The first-order valence-corrected chi connectivity index (χ1v) is 7.94. The molecule has 0 spiro atoms. The maximum absolute atomic E-state index is 6.19. The van der Waals surface area contributed by atoms with Crippen LogP contribution in [0.25, 0.3) is 22.2 Å². The molecule has 4 rings (SSSR count). The Morgan fingerprint density at radius 2 is 1.91 bits per heavy atom. The van der Waals surface area contributed by atoms with Crippen LogP contribution >= 0.6 is 0 Å². The minimum atomic E-state index is 0.757. The molecule has 0 atom stereocenters. The summed E-state index contributed by atoms with van der Waals surface area (Å²) in [4.78, 5) is 2.42. The van der Waals surface area contributed by atoms with E-state index in [0.717, 1.165) is 60.7 Å². The van der Waals surface area contributed by atoms with Crippen molar-refractivity contribution in [2.75, 3.05) is 32.0 Å². The molecule has 118 valence electrons. The third-order valence-electron chi connectivity index (χ3n) is 4.39. The summed E-state index contributed by atoms with van der Waals surface area (Å²) in [6.07, 6.45) is 0. The van der Waals surface area contributed by atoms with Gasteiger partial charge in [-0.3, -0.25) is 10.00 Å². The Morgan fingerprint density at radius 1 is 1.09 bits per heavy atom. The highest BCUT2D eigenvalue weighted by Crippen LogP contribution is 2.32. The van der Waals surface area contributed by atoms with Crippen molar-refractivity contribution >= 4 is 16.6 Å². The molecule has 3 N–H and O–H groups in total. The second-order valence-corrected chi connectivity index (χ2v) is 5.89. The lowest BCUT2D eigenvalue weighted by molar-refractivity contribution is 0.0342. The monoisotopic (exact) mass is 308 g/mol. The van der Waals surface area contributed by atoms with Gasteiger partial charge in [-0.1, -0.05) is 30.3 Å². The number of nitrogens with one attached hydrogen (secondary N) is 1. The number of aromatic amines is 1. The summed E-state index contributed by atoms with van der Waals surface area (Å²) < 4.78 is 5.44. The van der Waals surface area contributed by atoms with Crippen molar-refractivity contribution in [3.8, 4) is 11.3 Å². The number of H-pyrrole nitrogens is 1. The fourth-order valence-electron chi connectivity index (χ4n) is 3.18. The predicted octanol–water partition coefficient (Wildman–Crippen LogP) is 2.64. The molecule has 3 aromatic rings. The van der Waals surface area contributed by atoms with Crippen LogP contribution < -0.4 is 5.73 Å². The Kier molecular flexibility index (Phi) is 3.73. The van der Waals surface area contributed by atoms with Gasteiger partial charge in [0.2, 0.25) is 0 Å². The number of anilines is 1. The van der Waals surface area contributed by atoms with Gasteiger partial charge in [0, 0.05) is 30.9 Å². The van der Waals surface area contributed by atoms with E-state index in [4.69, 9.17) is 10.5 Å². The Balaban J connectivity index is 1.76. The molecular formula is C18H20N4O. The second-order valence-electron chi connectivity index (χ2n) is 5.89. The molecule has 1 aromatic heterocycles. The van der Waals surface area contributed by atoms with E-state index >= 15 is 0 Å². The van der Waals surface area contributed by atoms with Gasteiger partial charge in [0.15, 0.2) is 0 Å². The summed E-state index contributed by atoms with van der Waals surface area (Å²) in [6, 6.07) is 14.3. The van der Waals surface area contributed by atoms with Crippen molar-refractivity contribution in [1.29, 1.82) is 0 Å². The molecule has 5 heteroatoms. The summed E-state index contributed by atoms with van der Waals surface area (Å²) in [5.74, 6) is 0. The maximum Gasteiger partial charge on any atom is 0.102 e. The van der Waals surface area contributed by atoms with Crippen molar-refractivity contribution < 1.29 is 4.74 Å². The standard InChI is InChI=1S/C18H20N4O/c19-15-6-3-7-16-17(15)18(21-20-16)14-5-2-1-4-13(14)12-22-8-10-23-11-9-22/h1-7H,8-12,19H2,(H,20,21). The van der Waals surface area contributed by atoms with Crippen LogP contribution in [0.15, 0.2) is 42.5 Å². The quantitative estimate of drug-likeness (QED) is 0.730. The van der Waals surface area contributed by atoms with Gasteiger partial charge >= 0.3 is 0 Å². The largest absolute Gasteiger partial charge is 0.398 e. The van der Waals surface area contributed by atoms with Crippen LogP contribution in [0, 0.1) is 0 Å². The number of nitrogens with two attached hydrogens (primary N) is 1. The van der Waals surface area contributed by atoms with Crippen molar-refractivity contribution in [3.05, 3.63) is 48.0 Å². The topological polar surface area (TPSA) is 67.2 Å². The van der Waals surface area contributed by atoms with Gasteiger partial charge in [0.25, 0.3) is 0 Å². The molecule has 1 aliphatic heterocycles. The first-order valence-electron chi connectivity index (χ1n) is 7.94. The highest BCUT2D eigenvalue weighted by molar-refractivity contribution is 6.01. The van der Waals surface area contributed by atoms with Crippen molar-refractivity contribution in [2.24, 2.45) is 0 Å². The number of hydrogen-bond acceptors (Lipinski definition) is 4. The third kappa shape index (κ3) is 2.69. The Labute approximate surface area is 135 Å². The number of nitrogens with zero attached hydrogens (tertiary/aromatic N) is 2. The van der Waals surface area contributed by atoms with E-state index in [9.17, 15) is 0 Å². The summed E-state index contributed by atoms with van der Waals surface area (Å²) >= 11 is 0. The van der Waals surface area contributed by atoms with Gasteiger partial charge in [0.05, 0.1) is 24.1 Å². The minimum absolute atomic E-state index is 0.757. The SMILES string of the molecule is Nc1cccc2[nH]nc(-c3ccccc3CN3CCOCC3)c12. The van der Waals surface area contributed by atoms with Crippen LogP contribution in [-0.2, 0) is 11.3 Å². The van der Waals surface area contributed by atoms with E-state index in [2.05, 4.69) is 39.4 Å². The van der Waals surface area contributed by atoms with Crippen LogP contribution in [0.1, 0.15) is 5.56 Å². The number of nitrogen functional groups attached to an aromatic ring is 1. The highest BCUT2D eigenvalue weighted by Gasteiger charge is 2.17. The lowest BCUT2D eigenvalue weighted by atomic mass is 10.0. The van der Waals surface area contributed by atoms with Gasteiger partial charge in [-0.05, 0) is 17.7 Å². The third-order valence-corrected chi connectivity index (χ3v) is 4.39. The van der Waals surface area contributed by atoms with Crippen LogP contribution in [0.2, 0.25) is 0 Å². The maximum atomic E-state index is 6.19. The van der Waals surface area contributed by atoms with Crippen molar-refractivity contribution in [2.45, 2.75) is 6.54 Å². The van der Waals surface area contributed by atoms with Crippen LogP contribution in [0.5, 0.6) is 0 Å². The molecule has 0 aliphatic carbocycles. The highest BCUT2D eigenvalue weighted by atomic mass is 16.5. The smallest absolute Gasteiger partial charge is 0.102 e. The van der Waals surface area contributed by atoms with E-state index in [1.165, 1.54) is 5.56 Å². The van der Waals surface area contributed by atoms with Crippen LogP contribution in [0.3, 0.4) is 0 Å². The van der Waals surface area contributed by atoms with Crippen LogP contribution in [0.4, 0.5) is 5.69 Å². The first kappa shape index (κ1) is 14.2. The molecule has 0 radical (unpaired) electrons. The summed E-state index contributed by atoms with van der Waals surface area (Å²) in [6.45, 7) is 4.46. The van der Waals surface area contributed by atoms with Gasteiger partial charge in [-0.15, -0.1) is 0 Å². The number of aromatic nitrogens is 2. The average molecular weight is 308 g/mol. The molecule has 5 nitrogen and oxygen atoms in total. The Morgan fingerprint density at radius 3 is 2.78 bits per heavy atom. The molecule has 0 saturated carbocycles. The zero-order valence-corrected chi connectivity index (χ0v) is 13.0. The molecule has 1 fully saturated rings. The number of hydrogen-bond donors (Lipinski definition) is 2. The normalized spacial score (nSPS) is 16.0. The molecule has 0 bridgehead atoms. The summed E-state index contributed by atoms with van der Waals surface area (Å²) in [5.41, 5.74) is 11.3. The van der Waals surface area contributed by atoms with E-state index in [1.54, 1.807) is 0 Å². The molecule has 0 unspecified atom stereocenters. The number of morpholine rings is 1. The summed E-state index contributed by atoms with van der Waals surface area (Å²) in [7, 11) is 0. The molecule has 2 aromatic carbocycles. The Hall–Kier alpha value is -2.37. The Bertz CT molecular complexity index is 821. The molecule has 2 heterocycles. The van der Waals surface area contributed by atoms with Gasteiger partial charge in [-0.2, -0.15) is 5.10 Å². The number of rotatable bonds is 3. The number of benzene rings is 2. The number of fused-ring (bicyclic) bond motifs is 1. The minimum Gasteiger partial charge on any atom is -0.398 e. The lowest BCUT2D eigenvalue weighted by Gasteiger charge is -2.27. The van der Waals surface area contributed by atoms with E-state index in [1.807, 2.05) is 18.2 Å². The molecule has 0 amide bonds. The van der Waals surface area contributed by atoms with E-state index < -0.39 is 0 Å². The summed E-state index contributed by atoms with van der Waals surface area (Å²) in [5, 5.41) is 8.63. The zero-order valence-electron chi connectivity index (χ0n) is 13.0. The number of ether oxygens (including phenoxy) is 1. The fourth-order valence-corrected chi connectivity index (χ4v) is 3.18.